The second-order valence-corrected chi connectivity index (χ2v) is 6.64. The largest absolute Gasteiger partial charge is 0.312 e. The lowest BCUT2D eigenvalue weighted by atomic mass is 10.1. The highest BCUT2D eigenvalue weighted by Crippen LogP contribution is 2.25. The molecule has 2 aliphatic heterocycles. The molecule has 0 saturated carbocycles. The predicted molar refractivity (Wildman–Crippen MR) is 102 cm³/mol. The lowest BCUT2D eigenvalue weighted by Gasteiger charge is -2.27. The number of nitrogens with zero attached hydrogens (tertiary/aromatic N) is 3. The molecule has 0 atom stereocenters. The first-order chi connectivity index (χ1) is 12.7. The van der Waals surface area contributed by atoms with Crippen LogP contribution in [-0.4, -0.2) is 29.9 Å². The Bertz CT molecular complexity index is 858. The van der Waals surface area contributed by atoms with Crippen molar-refractivity contribution in [2.75, 3.05) is 22.9 Å². The number of pyridine rings is 1. The maximum Gasteiger partial charge on any atom is 0.251 e. The van der Waals surface area contributed by atoms with Crippen molar-refractivity contribution in [3.05, 3.63) is 59.9 Å². The molecule has 2 amide bonds. The summed E-state index contributed by atoms with van der Waals surface area (Å²) >= 11 is 0. The number of carbonyl (C=O) groups excluding carboxylic acids is 2. The van der Waals surface area contributed by atoms with Crippen molar-refractivity contribution >= 4 is 29.3 Å². The van der Waals surface area contributed by atoms with E-state index in [0.717, 1.165) is 55.0 Å². The third-order valence-corrected chi connectivity index (χ3v) is 4.91. The normalized spacial score (nSPS) is 17.0. The number of rotatable bonds is 3. The molecule has 1 fully saturated rings. The molecule has 4 rings (SSSR count). The van der Waals surface area contributed by atoms with Crippen LogP contribution in [0.2, 0.25) is 0 Å². The Morgan fingerprint density at radius 2 is 1.85 bits per heavy atom. The summed E-state index contributed by atoms with van der Waals surface area (Å²) in [5.41, 5.74) is 3.76. The number of fused-ring (bicyclic) bond motifs is 1. The zero-order chi connectivity index (χ0) is 17.9. The Labute approximate surface area is 152 Å². The van der Waals surface area contributed by atoms with Crippen molar-refractivity contribution in [2.24, 2.45) is 0 Å². The summed E-state index contributed by atoms with van der Waals surface area (Å²) in [7, 11) is 0. The Kier molecular flexibility index (Phi) is 4.52. The maximum atomic E-state index is 12.6. The highest BCUT2D eigenvalue weighted by atomic mass is 16.2. The number of carbonyl (C=O) groups is 2. The molecule has 2 aromatic rings. The van der Waals surface area contributed by atoms with Crippen LogP contribution in [0.4, 0.5) is 11.4 Å². The molecule has 0 radical (unpaired) electrons. The zero-order valence-corrected chi connectivity index (χ0v) is 14.6. The maximum absolute atomic E-state index is 12.6. The highest BCUT2D eigenvalue weighted by molar-refractivity contribution is 6.04. The third kappa shape index (κ3) is 3.25. The van der Waals surface area contributed by atoms with Gasteiger partial charge >= 0.3 is 0 Å². The number of aryl methyl sites for hydroxylation is 1. The summed E-state index contributed by atoms with van der Waals surface area (Å²) in [5.74, 6) is 0.151. The molecule has 1 aromatic heterocycles. The highest BCUT2D eigenvalue weighted by Gasteiger charge is 2.22. The molecule has 0 unspecified atom stereocenters. The van der Waals surface area contributed by atoms with Crippen molar-refractivity contribution in [2.45, 2.75) is 25.7 Å². The van der Waals surface area contributed by atoms with Crippen LogP contribution < -0.4 is 9.80 Å². The Morgan fingerprint density at radius 1 is 1.04 bits per heavy atom. The number of anilines is 2. The molecule has 0 bridgehead atoms. The van der Waals surface area contributed by atoms with Gasteiger partial charge < -0.3 is 9.80 Å². The summed E-state index contributed by atoms with van der Waals surface area (Å²) in [6.07, 6.45) is 8.60. The Hall–Kier alpha value is -2.95. The molecule has 5 heteroatoms. The molecule has 0 N–H and O–H groups in total. The number of hydrogen-bond acceptors (Lipinski definition) is 3. The number of benzene rings is 1. The first kappa shape index (κ1) is 16.5. The monoisotopic (exact) mass is 347 g/mol. The average molecular weight is 347 g/mol. The van der Waals surface area contributed by atoms with Crippen molar-refractivity contribution in [3.8, 4) is 0 Å². The fourth-order valence-electron chi connectivity index (χ4n) is 3.57. The van der Waals surface area contributed by atoms with Gasteiger partial charge in [0.05, 0.1) is 11.4 Å². The number of amides is 2. The summed E-state index contributed by atoms with van der Waals surface area (Å²) in [6, 6.07) is 11.6. The van der Waals surface area contributed by atoms with E-state index in [2.05, 4.69) is 4.98 Å². The van der Waals surface area contributed by atoms with Gasteiger partial charge in [-0.1, -0.05) is 12.1 Å². The molecule has 1 aromatic carbocycles. The zero-order valence-electron chi connectivity index (χ0n) is 14.6. The Morgan fingerprint density at radius 3 is 2.62 bits per heavy atom. The van der Waals surface area contributed by atoms with Gasteiger partial charge in [-0.05, 0) is 55.2 Å². The molecular weight excluding hydrogens is 326 g/mol. The van der Waals surface area contributed by atoms with Gasteiger partial charge in [-0.2, -0.15) is 0 Å². The van der Waals surface area contributed by atoms with E-state index in [9.17, 15) is 9.59 Å². The number of hydrogen-bond donors (Lipinski definition) is 0. The minimum absolute atomic E-state index is 0.0299. The van der Waals surface area contributed by atoms with Gasteiger partial charge in [-0.15, -0.1) is 0 Å². The topological polar surface area (TPSA) is 53.5 Å². The van der Waals surface area contributed by atoms with Crippen molar-refractivity contribution in [3.63, 3.8) is 0 Å². The van der Waals surface area contributed by atoms with Gasteiger partial charge in [0.1, 0.15) is 0 Å². The predicted octanol–water partition coefficient (Wildman–Crippen LogP) is 3.20. The van der Waals surface area contributed by atoms with Crippen LogP contribution in [0.25, 0.3) is 6.08 Å². The van der Waals surface area contributed by atoms with Gasteiger partial charge in [-0.3, -0.25) is 14.6 Å². The van der Waals surface area contributed by atoms with Crippen LogP contribution in [-0.2, 0) is 16.0 Å². The van der Waals surface area contributed by atoms with Crippen LogP contribution in [0.1, 0.15) is 30.5 Å². The quantitative estimate of drug-likeness (QED) is 0.801. The summed E-state index contributed by atoms with van der Waals surface area (Å²) in [5, 5.41) is 0. The second-order valence-electron chi connectivity index (χ2n) is 6.64. The van der Waals surface area contributed by atoms with Crippen LogP contribution in [0, 0.1) is 0 Å². The number of aromatic nitrogens is 1. The van der Waals surface area contributed by atoms with Gasteiger partial charge in [-0.25, -0.2) is 0 Å². The summed E-state index contributed by atoms with van der Waals surface area (Å²) < 4.78 is 0. The molecule has 132 valence electrons. The minimum atomic E-state index is -0.0299. The van der Waals surface area contributed by atoms with E-state index in [-0.39, 0.29) is 11.8 Å². The first-order valence-corrected chi connectivity index (χ1v) is 9.06. The van der Waals surface area contributed by atoms with Crippen LogP contribution in [0.15, 0.2) is 48.7 Å². The molecule has 1 saturated heterocycles. The molecule has 2 aliphatic rings. The third-order valence-electron chi connectivity index (χ3n) is 4.91. The molecular formula is C21H21N3O2. The fraction of sp³-hybridized carbons (Fsp3) is 0.286. The molecule has 0 spiro atoms. The van der Waals surface area contributed by atoms with E-state index in [1.54, 1.807) is 17.2 Å². The van der Waals surface area contributed by atoms with Crippen LogP contribution in [0.3, 0.4) is 0 Å². The van der Waals surface area contributed by atoms with Crippen molar-refractivity contribution < 1.29 is 9.59 Å². The average Bonchev–Trinajstić information content (AvgIpc) is 3.12. The lowest BCUT2D eigenvalue weighted by Crippen LogP contribution is -2.34. The van der Waals surface area contributed by atoms with E-state index in [0.29, 0.717) is 6.42 Å². The SMILES string of the molecule is O=C1CCCN1c1ccc(/C=C/C(=O)N2CCCc3ncccc32)cc1. The smallest absolute Gasteiger partial charge is 0.251 e. The molecule has 0 aliphatic carbocycles. The van der Waals surface area contributed by atoms with E-state index in [4.69, 9.17) is 0 Å². The molecule has 26 heavy (non-hydrogen) atoms. The molecule has 3 heterocycles. The molecule has 5 nitrogen and oxygen atoms in total. The van der Waals surface area contributed by atoms with Crippen LogP contribution >= 0.6 is 0 Å². The summed E-state index contributed by atoms with van der Waals surface area (Å²) in [4.78, 5) is 32.4. The van der Waals surface area contributed by atoms with E-state index >= 15 is 0 Å². The van der Waals surface area contributed by atoms with E-state index in [1.807, 2.05) is 47.4 Å². The Balaban J connectivity index is 1.46. The van der Waals surface area contributed by atoms with Crippen molar-refractivity contribution in [1.82, 2.24) is 4.98 Å². The van der Waals surface area contributed by atoms with Gasteiger partial charge in [0.25, 0.3) is 5.91 Å². The standard InChI is InChI=1S/C21H21N3O2/c25-20-6-3-14-23(20)17-10-7-16(8-11-17)9-12-21(26)24-15-2-4-18-19(24)5-1-13-22-18/h1,5,7-13H,2-4,6,14-15H2/b12-9+. The first-order valence-electron chi connectivity index (χ1n) is 9.06. The van der Waals surface area contributed by atoms with E-state index < -0.39 is 0 Å². The van der Waals surface area contributed by atoms with E-state index in [1.165, 1.54) is 0 Å². The van der Waals surface area contributed by atoms with Gasteiger partial charge in [0.2, 0.25) is 5.91 Å². The van der Waals surface area contributed by atoms with Gasteiger partial charge in [0, 0.05) is 37.5 Å². The van der Waals surface area contributed by atoms with Gasteiger partial charge in [0.15, 0.2) is 0 Å². The second kappa shape index (κ2) is 7.12. The minimum Gasteiger partial charge on any atom is -0.312 e. The van der Waals surface area contributed by atoms with Crippen molar-refractivity contribution in [1.29, 1.82) is 0 Å². The summed E-state index contributed by atoms with van der Waals surface area (Å²) in [6.45, 7) is 1.51. The lowest BCUT2D eigenvalue weighted by molar-refractivity contribution is -0.117. The van der Waals surface area contributed by atoms with Crippen LogP contribution in [0.5, 0.6) is 0 Å². The fourth-order valence-corrected chi connectivity index (χ4v) is 3.57.